The Kier molecular flexibility index (Phi) is 6.30. The summed E-state index contributed by atoms with van der Waals surface area (Å²) in [6.45, 7) is 4.20. The van der Waals surface area contributed by atoms with Crippen molar-refractivity contribution in [3.8, 4) is 11.5 Å². The third-order valence-electron chi connectivity index (χ3n) is 3.82. The molecule has 5 nitrogen and oxygen atoms in total. The zero-order valence-corrected chi connectivity index (χ0v) is 13.3. The highest BCUT2D eigenvalue weighted by atomic mass is 35.5. The molecular formula is C15H23ClN2O3. The highest BCUT2D eigenvalue weighted by Crippen LogP contribution is 2.29. The van der Waals surface area contributed by atoms with Gasteiger partial charge in [-0.1, -0.05) is 19.1 Å². The zero-order valence-electron chi connectivity index (χ0n) is 12.5. The number of benzene rings is 1. The largest absolute Gasteiger partial charge is 0.493 e. The first-order valence-corrected chi connectivity index (χ1v) is 6.82. The maximum absolute atomic E-state index is 12.1. The highest BCUT2D eigenvalue weighted by Gasteiger charge is 2.34. The number of ether oxygens (including phenoxy) is 2. The van der Waals surface area contributed by atoms with Gasteiger partial charge >= 0.3 is 0 Å². The number of carbonyl (C=O) groups excluding carboxylic acids is 1. The lowest BCUT2D eigenvalue weighted by Gasteiger charge is -2.22. The van der Waals surface area contributed by atoms with Crippen LogP contribution < -0.4 is 15.2 Å². The van der Waals surface area contributed by atoms with Crippen molar-refractivity contribution in [3.63, 3.8) is 0 Å². The van der Waals surface area contributed by atoms with Crippen LogP contribution in [-0.4, -0.2) is 44.2 Å². The molecule has 0 radical (unpaired) electrons. The van der Waals surface area contributed by atoms with Gasteiger partial charge in [-0.05, 0) is 30.5 Å². The smallest absolute Gasteiger partial charge is 0.260 e. The van der Waals surface area contributed by atoms with E-state index in [0.717, 1.165) is 13.0 Å². The summed E-state index contributed by atoms with van der Waals surface area (Å²) in [6.07, 6.45) is 0.948. The third kappa shape index (κ3) is 4.25. The van der Waals surface area contributed by atoms with E-state index in [-0.39, 0.29) is 30.3 Å². The Hall–Kier alpha value is -1.46. The fourth-order valence-corrected chi connectivity index (χ4v) is 2.37. The molecule has 118 valence electrons. The molecule has 1 aliphatic rings. The van der Waals surface area contributed by atoms with Gasteiger partial charge in [0, 0.05) is 13.1 Å². The van der Waals surface area contributed by atoms with Crippen molar-refractivity contribution in [2.24, 2.45) is 11.1 Å². The van der Waals surface area contributed by atoms with Gasteiger partial charge in [0.15, 0.2) is 18.1 Å². The number of hydrogen-bond donors (Lipinski definition) is 1. The molecule has 0 aliphatic carbocycles. The highest BCUT2D eigenvalue weighted by molar-refractivity contribution is 5.85. The number of rotatable bonds is 5. The Balaban J connectivity index is 0.00000220. The van der Waals surface area contributed by atoms with Crippen molar-refractivity contribution in [2.75, 3.05) is 33.4 Å². The first-order valence-electron chi connectivity index (χ1n) is 6.82. The van der Waals surface area contributed by atoms with E-state index in [2.05, 4.69) is 6.92 Å². The fraction of sp³-hybridized carbons (Fsp3) is 0.533. The van der Waals surface area contributed by atoms with Gasteiger partial charge in [0.2, 0.25) is 0 Å². The number of nitrogens with zero attached hydrogens (tertiary/aromatic N) is 1. The van der Waals surface area contributed by atoms with Gasteiger partial charge in [0.05, 0.1) is 7.11 Å². The van der Waals surface area contributed by atoms with Crippen LogP contribution in [0.2, 0.25) is 0 Å². The maximum atomic E-state index is 12.1. The van der Waals surface area contributed by atoms with Crippen LogP contribution in [0.1, 0.15) is 13.3 Å². The lowest BCUT2D eigenvalue weighted by molar-refractivity contribution is -0.132. The quantitative estimate of drug-likeness (QED) is 0.898. The van der Waals surface area contributed by atoms with E-state index >= 15 is 0 Å². The molecule has 1 fully saturated rings. The molecule has 1 aromatic carbocycles. The number of likely N-dealkylation sites (tertiary alicyclic amines) is 1. The van der Waals surface area contributed by atoms with Gasteiger partial charge in [-0.15, -0.1) is 12.4 Å². The number of amides is 1. The maximum Gasteiger partial charge on any atom is 0.260 e. The normalized spacial score (nSPS) is 20.8. The Morgan fingerprint density at radius 2 is 2.05 bits per heavy atom. The third-order valence-corrected chi connectivity index (χ3v) is 3.82. The van der Waals surface area contributed by atoms with Crippen molar-refractivity contribution in [1.29, 1.82) is 0 Å². The topological polar surface area (TPSA) is 64.8 Å². The molecule has 2 N–H and O–H groups in total. The molecule has 1 atom stereocenters. The Labute approximate surface area is 131 Å². The average Bonchev–Trinajstić information content (AvgIpc) is 2.88. The molecule has 0 bridgehead atoms. The molecule has 0 aromatic heterocycles. The molecule has 2 rings (SSSR count). The molecule has 1 amide bonds. The summed E-state index contributed by atoms with van der Waals surface area (Å²) in [5.74, 6) is 1.21. The van der Waals surface area contributed by atoms with Gasteiger partial charge in [0.1, 0.15) is 0 Å². The van der Waals surface area contributed by atoms with Crippen LogP contribution in [0.25, 0.3) is 0 Å². The minimum Gasteiger partial charge on any atom is -0.493 e. The standard InChI is InChI=1S/C15H22N2O3.ClH/c1-15(10-16)7-8-17(11-15)14(18)9-20-13-6-4-3-5-12(13)19-2;/h3-6H,7-11,16H2,1-2H3;1H. The van der Waals surface area contributed by atoms with E-state index in [1.165, 1.54) is 0 Å². The molecular weight excluding hydrogens is 292 g/mol. The molecule has 1 saturated heterocycles. The Bertz CT molecular complexity index is 484. The SMILES string of the molecule is COc1ccccc1OCC(=O)N1CCC(C)(CN)C1.Cl. The van der Waals surface area contributed by atoms with Gasteiger partial charge in [-0.3, -0.25) is 4.79 Å². The van der Waals surface area contributed by atoms with Crippen molar-refractivity contribution in [3.05, 3.63) is 24.3 Å². The summed E-state index contributed by atoms with van der Waals surface area (Å²) >= 11 is 0. The number of methoxy groups -OCH3 is 1. The van der Waals surface area contributed by atoms with E-state index in [0.29, 0.717) is 24.6 Å². The number of carbonyl (C=O) groups is 1. The molecule has 1 aromatic rings. The van der Waals surface area contributed by atoms with Crippen molar-refractivity contribution in [2.45, 2.75) is 13.3 Å². The first-order chi connectivity index (χ1) is 9.58. The van der Waals surface area contributed by atoms with Crippen LogP contribution in [0.5, 0.6) is 11.5 Å². The van der Waals surface area contributed by atoms with Gasteiger partial charge < -0.3 is 20.1 Å². The molecule has 1 unspecified atom stereocenters. The van der Waals surface area contributed by atoms with E-state index in [9.17, 15) is 4.79 Å². The summed E-state index contributed by atoms with van der Waals surface area (Å²) in [4.78, 5) is 14.0. The molecule has 1 aliphatic heterocycles. The molecule has 0 saturated carbocycles. The van der Waals surface area contributed by atoms with Crippen LogP contribution in [0.3, 0.4) is 0 Å². The summed E-state index contributed by atoms with van der Waals surface area (Å²) in [6, 6.07) is 7.31. The van der Waals surface area contributed by atoms with Crippen molar-refractivity contribution < 1.29 is 14.3 Å². The lowest BCUT2D eigenvalue weighted by Crippen LogP contribution is -2.36. The minimum atomic E-state index is -0.00641. The van der Waals surface area contributed by atoms with Crippen LogP contribution in [-0.2, 0) is 4.79 Å². The van der Waals surface area contributed by atoms with Crippen molar-refractivity contribution >= 4 is 18.3 Å². The van der Waals surface area contributed by atoms with Gasteiger partial charge in [0.25, 0.3) is 5.91 Å². The second-order valence-corrected chi connectivity index (χ2v) is 5.52. The zero-order chi connectivity index (χ0) is 14.6. The van der Waals surface area contributed by atoms with Crippen LogP contribution in [0, 0.1) is 5.41 Å². The predicted molar refractivity (Wildman–Crippen MR) is 84.1 cm³/mol. The fourth-order valence-electron chi connectivity index (χ4n) is 2.37. The minimum absolute atomic E-state index is 0. The predicted octanol–water partition coefficient (Wildman–Crippen LogP) is 1.69. The van der Waals surface area contributed by atoms with Gasteiger partial charge in [-0.2, -0.15) is 0 Å². The summed E-state index contributed by atoms with van der Waals surface area (Å²) < 4.78 is 10.7. The summed E-state index contributed by atoms with van der Waals surface area (Å²) in [5, 5.41) is 0. The van der Waals surface area contributed by atoms with E-state index in [4.69, 9.17) is 15.2 Å². The summed E-state index contributed by atoms with van der Waals surface area (Å²) in [5.41, 5.74) is 5.79. The monoisotopic (exact) mass is 314 g/mol. The summed E-state index contributed by atoms with van der Waals surface area (Å²) in [7, 11) is 1.58. The van der Waals surface area contributed by atoms with E-state index in [1.807, 2.05) is 17.0 Å². The first kappa shape index (κ1) is 17.6. The molecule has 1 heterocycles. The Morgan fingerprint density at radius 3 is 2.62 bits per heavy atom. The number of halogens is 1. The van der Waals surface area contributed by atoms with Crippen LogP contribution in [0.4, 0.5) is 0 Å². The van der Waals surface area contributed by atoms with Crippen LogP contribution >= 0.6 is 12.4 Å². The number of nitrogens with two attached hydrogens (primary N) is 1. The van der Waals surface area contributed by atoms with E-state index < -0.39 is 0 Å². The van der Waals surface area contributed by atoms with Gasteiger partial charge in [-0.25, -0.2) is 0 Å². The Morgan fingerprint density at radius 1 is 1.38 bits per heavy atom. The second-order valence-electron chi connectivity index (χ2n) is 5.52. The second kappa shape index (κ2) is 7.52. The van der Waals surface area contributed by atoms with Crippen LogP contribution in [0.15, 0.2) is 24.3 Å². The average molecular weight is 315 g/mol. The lowest BCUT2D eigenvalue weighted by atomic mass is 9.90. The molecule has 0 spiro atoms. The van der Waals surface area contributed by atoms with Crippen molar-refractivity contribution in [1.82, 2.24) is 4.90 Å². The number of hydrogen-bond acceptors (Lipinski definition) is 4. The number of para-hydroxylation sites is 2. The van der Waals surface area contributed by atoms with E-state index in [1.54, 1.807) is 19.2 Å². The molecule has 21 heavy (non-hydrogen) atoms. The molecule has 6 heteroatoms.